The van der Waals surface area contributed by atoms with E-state index in [9.17, 15) is 4.79 Å². The van der Waals surface area contributed by atoms with Crippen molar-refractivity contribution < 1.29 is 9.53 Å². The first-order valence-corrected chi connectivity index (χ1v) is 6.95. The van der Waals surface area contributed by atoms with Crippen molar-refractivity contribution in [3.8, 4) is 0 Å². The van der Waals surface area contributed by atoms with Gasteiger partial charge in [-0.25, -0.2) is 0 Å². The fourth-order valence-corrected chi connectivity index (χ4v) is 3.00. The van der Waals surface area contributed by atoms with Crippen molar-refractivity contribution in [3.63, 3.8) is 0 Å². The van der Waals surface area contributed by atoms with Gasteiger partial charge in [0, 0.05) is 26.2 Å². The Balaban J connectivity index is 1.72. The quantitative estimate of drug-likeness (QED) is 0.647. The molecule has 4 atom stereocenters. The molecule has 0 aliphatic carbocycles. The van der Waals surface area contributed by atoms with E-state index in [0.717, 1.165) is 5.92 Å². The van der Waals surface area contributed by atoms with Crippen LogP contribution in [-0.2, 0) is 9.53 Å². The minimum Gasteiger partial charge on any atom is -0.383 e. The lowest BCUT2D eigenvalue weighted by Crippen LogP contribution is -2.52. The molecule has 5 heteroatoms. The summed E-state index contributed by atoms with van der Waals surface area (Å²) in [4.78, 5) is 14.4. The first-order valence-electron chi connectivity index (χ1n) is 6.95. The highest BCUT2D eigenvalue weighted by Crippen LogP contribution is 2.27. The molecule has 0 aromatic rings. The third kappa shape index (κ3) is 3.43. The van der Waals surface area contributed by atoms with E-state index >= 15 is 0 Å². The summed E-state index contributed by atoms with van der Waals surface area (Å²) >= 11 is 0. The summed E-state index contributed by atoms with van der Waals surface area (Å²) in [6, 6.07) is 0.394. The molecule has 4 unspecified atom stereocenters. The lowest BCUT2D eigenvalue weighted by atomic mass is 9.93. The summed E-state index contributed by atoms with van der Waals surface area (Å²) in [5, 5.41) is 6.37. The highest BCUT2D eigenvalue weighted by molar-refractivity contribution is 5.81. The van der Waals surface area contributed by atoms with Gasteiger partial charge >= 0.3 is 0 Å². The number of methoxy groups -OCH3 is 1. The predicted molar refractivity (Wildman–Crippen MR) is 70.4 cm³/mol. The van der Waals surface area contributed by atoms with Crippen molar-refractivity contribution in [1.82, 2.24) is 15.5 Å². The summed E-state index contributed by atoms with van der Waals surface area (Å²) in [6.45, 7) is 6.71. The molecule has 2 N–H and O–H groups in total. The van der Waals surface area contributed by atoms with Gasteiger partial charge in [0.1, 0.15) is 0 Å². The third-order valence-corrected chi connectivity index (χ3v) is 4.10. The Kier molecular flexibility index (Phi) is 4.97. The SMILES string of the molecule is COCCNC(=O)C(C)NC1CCN2CCC1C2. The second-order valence-electron chi connectivity index (χ2n) is 5.42. The van der Waals surface area contributed by atoms with Crippen LogP contribution in [-0.4, -0.2) is 62.8 Å². The normalized spacial score (nSPS) is 32.2. The van der Waals surface area contributed by atoms with Gasteiger partial charge in [-0.05, 0) is 38.8 Å². The summed E-state index contributed by atoms with van der Waals surface area (Å²) in [7, 11) is 1.64. The van der Waals surface area contributed by atoms with E-state index in [2.05, 4.69) is 15.5 Å². The van der Waals surface area contributed by atoms with Crippen molar-refractivity contribution in [2.24, 2.45) is 5.92 Å². The molecule has 2 bridgehead atoms. The number of rotatable bonds is 6. The highest BCUT2D eigenvalue weighted by atomic mass is 16.5. The lowest BCUT2D eigenvalue weighted by Gasteiger charge is -2.32. The van der Waals surface area contributed by atoms with Crippen LogP contribution >= 0.6 is 0 Å². The molecule has 0 spiro atoms. The standard InChI is InChI=1S/C13H25N3O2/c1-10(13(17)14-5-8-18-2)15-12-4-7-16-6-3-11(12)9-16/h10-12,15H,3-9H2,1-2H3,(H,14,17). The zero-order valence-electron chi connectivity index (χ0n) is 11.4. The molecule has 104 valence electrons. The molecule has 0 saturated carbocycles. The average Bonchev–Trinajstić information content (AvgIpc) is 2.76. The van der Waals surface area contributed by atoms with Crippen LogP contribution in [0, 0.1) is 5.92 Å². The Morgan fingerprint density at radius 2 is 2.22 bits per heavy atom. The monoisotopic (exact) mass is 255 g/mol. The second-order valence-corrected chi connectivity index (χ2v) is 5.42. The maximum Gasteiger partial charge on any atom is 0.236 e. The molecule has 0 aromatic carbocycles. The zero-order valence-corrected chi connectivity index (χ0v) is 11.4. The van der Waals surface area contributed by atoms with Crippen LogP contribution < -0.4 is 10.6 Å². The van der Waals surface area contributed by atoms with Gasteiger partial charge in [-0.1, -0.05) is 0 Å². The van der Waals surface area contributed by atoms with Gasteiger partial charge in [0.25, 0.3) is 0 Å². The molecule has 2 saturated heterocycles. The summed E-state index contributed by atoms with van der Waals surface area (Å²) < 4.78 is 4.92. The van der Waals surface area contributed by atoms with Gasteiger partial charge in [0.2, 0.25) is 5.91 Å². The van der Waals surface area contributed by atoms with E-state index in [-0.39, 0.29) is 11.9 Å². The molecule has 2 heterocycles. The fourth-order valence-electron chi connectivity index (χ4n) is 3.00. The topological polar surface area (TPSA) is 53.6 Å². The van der Waals surface area contributed by atoms with Gasteiger partial charge in [-0.15, -0.1) is 0 Å². The Hall–Kier alpha value is -0.650. The maximum absolute atomic E-state index is 11.9. The van der Waals surface area contributed by atoms with Crippen molar-refractivity contribution in [2.75, 3.05) is 39.9 Å². The second kappa shape index (κ2) is 6.50. The largest absolute Gasteiger partial charge is 0.383 e. The molecule has 2 aliphatic rings. The van der Waals surface area contributed by atoms with Crippen LogP contribution in [0.2, 0.25) is 0 Å². The molecule has 18 heavy (non-hydrogen) atoms. The maximum atomic E-state index is 11.9. The Bertz CT molecular complexity index is 285. The van der Waals surface area contributed by atoms with Gasteiger partial charge in [0.15, 0.2) is 0 Å². The molecular formula is C13H25N3O2. The number of nitrogens with one attached hydrogen (secondary N) is 2. The number of nitrogens with zero attached hydrogens (tertiary/aromatic N) is 1. The van der Waals surface area contributed by atoms with Crippen LogP contribution in [0.15, 0.2) is 0 Å². The third-order valence-electron chi connectivity index (χ3n) is 4.10. The van der Waals surface area contributed by atoms with E-state index < -0.39 is 0 Å². The molecule has 2 rings (SSSR count). The first-order chi connectivity index (χ1) is 8.70. The summed E-state index contributed by atoms with van der Waals surface area (Å²) in [5.41, 5.74) is 0. The fraction of sp³-hybridized carbons (Fsp3) is 0.923. The number of hydrogen-bond donors (Lipinski definition) is 2. The molecule has 5 nitrogen and oxygen atoms in total. The van der Waals surface area contributed by atoms with E-state index in [4.69, 9.17) is 4.74 Å². The number of fused-ring (bicyclic) bond motifs is 2. The average molecular weight is 255 g/mol. The summed E-state index contributed by atoms with van der Waals surface area (Å²) in [5.74, 6) is 0.806. The van der Waals surface area contributed by atoms with Crippen LogP contribution in [0.3, 0.4) is 0 Å². The van der Waals surface area contributed by atoms with Crippen molar-refractivity contribution in [1.29, 1.82) is 0 Å². The molecule has 0 radical (unpaired) electrons. The Labute approximate surface area is 109 Å². The van der Waals surface area contributed by atoms with Crippen LogP contribution in [0.1, 0.15) is 19.8 Å². The minimum atomic E-state index is -0.112. The van der Waals surface area contributed by atoms with E-state index in [1.165, 1.54) is 32.5 Å². The summed E-state index contributed by atoms with van der Waals surface area (Å²) in [6.07, 6.45) is 2.44. The van der Waals surface area contributed by atoms with Gasteiger partial charge in [-0.2, -0.15) is 0 Å². The Morgan fingerprint density at radius 1 is 1.44 bits per heavy atom. The first kappa shape index (κ1) is 13.8. The zero-order chi connectivity index (χ0) is 13.0. The Morgan fingerprint density at radius 3 is 3.00 bits per heavy atom. The van der Waals surface area contributed by atoms with Crippen molar-refractivity contribution in [3.05, 3.63) is 0 Å². The van der Waals surface area contributed by atoms with Crippen molar-refractivity contribution in [2.45, 2.75) is 31.8 Å². The molecule has 1 amide bonds. The lowest BCUT2D eigenvalue weighted by molar-refractivity contribution is -0.123. The van der Waals surface area contributed by atoms with E-state index in [1.807, 2.05) is 6.92 Å². The predicted octanol–water partition coefficient (Wildman–Crippen LogP) is -0.179. The minimum absolute atomic E-state index is 0.0764. The number of carbonyl (C=O) groups is 1. The van der Waals surface area contributed by atoms with Gasteiger partial charge < -0.3 is 20.3 Å². The number of amides is 1. The number of ether oxygens (including phenoxy) is 1. The van der Waals surface area contributed by atoms with Crippen LogP contribution in [0.5, 0.6) is 0 Å². The highest BCUT2D eigenvalue weighted by Gasteiger charge is 2.35. The van der Waals surface area contributed by atoms with Crippen LogP contribution in [0.25, 0.3) is 0 Å². The van der Waals surface area contributed by atoms with Gasteiger partial charge in [-0.3, -0.25) is 4.79 Å². The molecule has 2 aliphatic heterocycles. The molecule has 0 aromatic heterocycles. The molecule has 2 fully saturated rings. The molecular weight excluding hydrogens is 230 g/mol. The van der Waals surface area contributed by atoms with Crippen LogP contribution in [0.4, 0.5) is 0 Å². The number of hydrogen-bond acceptors (Lipinski definition) is 4. The van der Waals surface area contributed by atoms with Gasteiger partial charge in [0.05, 0.1) is 12.6 Å². The number of carbonyl (C=O) groups excluding carboxylic acids is 1. The van der Waals surface area contributed by atoms with E-state index in [0.29, 0.717) is 19.2 Å². The number of piperidine rings is 1. The smallest absolute Gasteiger partial charge is 0.236 e. The van der Waals surface area contributed by atoms with Crippen molar-refractivity contribution >= 4 is 5.91 Å². The van der Waals surface area contributed by atoms with E-state index in [1.54, 1.807) is 7.11 Å².